The molecule has 0 saturated heterocycles. The molecule has 0 spiro atoms. The summed E-state index contributed by atoms with van der Waals surface area (Å²) in [6.45, 7) is 2.16. The summed E-state index contributed by atoms with van der Waals surface area (Å²) in [5.74, 6) is 0.642. The molecule has 1 atom stereocenters. The van der Waals surface area contributed by atoms with E-state index in [1.807, 2.05) is 22.9 Å². The van der Waals surface area contributed by atoms with Crippen LogP contribution in [0.4, 0.5) is 0 Å². The lowest BCUT2D eigenvalue weighted by Gasteiger charge is -2.12. The molecule has 2 heterocycles. The molecule has 1 aliphatic rings. The third-order valence-electron chi connectivity index (χ3n) is 3.79. The minimum atomic E-state index is -0.944. The highest BCUT2D eigenvalue weighted by Gasteiger charge is 2.67. The monoisotopic (exact) mass is 324 g/mol. The molecule has 0 aliphatic heterocycles. The molecule has 1 amide bonds. The third kappa shape index (κ3) is 2.63. The highest BCUT2D eigenvalue weighted by molar-refractivity contribution is 6.53. The fraction of sp³-hybridized carbons (Fsp3) is 0.357. The van der Waals surface area contributed by atoms with E-state index in [9.17, 15) is 4.79 Å². The second-order valence-electron chi connectivity index (χ2n) is 5.39. The first kappa shape index (κ1) is 14.4. The Bertz CT molecular complexity index is 654. The van der Waals surface area contributed by atoms with Gasteiger partial charge in [0.15, 0.2) is 0 Å². The maximum absolute atomic E-state index is 12.1. The predicted molar refractivity (Wildman–Crippen MR) is 80.4 cm³/mol. The maximum atomic E-state index is 12.1. The average molecular weight is 325 g/mol. The number of nitrogens with zero attached hydrogens (tertiary/aromatic N) is 3. The van der Waals surface area contributed by atoms with Crippen molar-refractivity contribution in [2.75, 3.05) is 0 Å². The van der Waals surface area contributed by atoms with Crippen LogP contribution in [0.15, 0.2) is 37.1 Å². The summed E-state index contributed by atoms with van der Waals surface area (Å²) >= 11 is 12.0. The van der Waals surface area contributed by atoms with Gasteiger partial charge in [0.05, 0.1) is 5.41 Å². The van der Waals surface area contributed by atoms with Gasteiger partial charge in [-0.3, -0.25) is 9.36 Å². The second-order valence-corrected chi connectivity index (χ2v) is 6.87. The summed E-state index contributed by atoms with van der Waals surface area (Å²) < 4.78 is 0.865. The zero-order valence-electron chi connectivity index (χ0n) is 11.4. The molecule has 0 radical (unpaired) electrons. The Morgan fingerprint density at radius 2 is 2.24 bits per heavy atom. The van der Waals surface area contributed by atoms with E-state index >= 15 is 0 Å². The quantitative estimate of drug-likeness (QED) is 0.879. The van der Waals surface area contributed by atoms with Crippen molar-refractivity contribution in [3.05, 3.63) is 42.6 Å². The van der Waals surface area contributed by atoms with Gasteiger partial charge in [0.1, 0.15) is 16.5 Å². The largest absolute Gasteiger partial charge is 0.351 e. The number of rotatable bonds is 4. The first-order valence-corrected chi connectivity index (χ1v) is 7.27. The van der Waals surface area contributed by atoms with Crippen LogP contribution in [0.1, 0.15) is 18.9 Å². The number of nitrogens with one attached hydrogen (secondary N) is 1. The van der Waals surface area contributed by atoms with E-state index in [4.69, 9.17) is 23.2 Å². The number of imidazole rings is 1. The Morgan fingerprint density at radius 1 is 1.48 bits per heavy atom. The van der Waals surface area contributed by atoms with Crippen molar-refractivity contribution in [2.24, 2.45) is 5.41 Å². The van der Waals surface area contributed by atoms with Crippen LogP contribution < -0.4 is 5.32 Å². The van der Waals surface area contributed by atoms with Gasteiger partial charge in [0.25, 0.3) is 0 Å². The number of pyridine rings is 1. The van der Waals surface area contributed by atoms with E-state index in [0.717, 1.165) is 11.4 Å². The number of halogens is 2. The Morgan fingerprint density at radius 3 is 2.76 bits per heavy atom. The fourth-order valence-electron chi connectivity index (χ4n) is 2.09. The third-order valence-corrected chi connectivity index (χ3v) is 4.89. The number of carbonyl (C=O) groups excluding carboxylic acids is 1. The van der Waals surface area contributed by atoms with E-state index < -0.39 is 9.75 Å². The molecule has 3 rings (SSSR count). The predicted octanol–water partition coefficient (Wildman–Crippen LogP) is 2.47. The lowest BCUT2D eigenvalue weighted by molar-refractivity contribution is -0.125. The first-order chi connectivity index (χ1) is 9.92. The van der Waals surface area contributed by atoms with Crippen LogP contribution >= 0.6 is 23.2 Å². The number of hydrogen-bond donors (Lipinski definition) is 1. The minimum absolute atomic E-state index is 0.133. The van der Waals surface area contributed by atoms with Gasteiger partial charge in [0.2, 0.25) is 5.91 Å². The molecule has 0 aromatic carbocycles. The molecule has 5 nitrogen and oxygen atoms in total. The molecule has 21 heavy (non-hydrogen) atoms. The molecule has 2 aromatic heterocycles. The van der Waals surface area contributed by atoms with Crippen LogP contribution in [0, 0.1) is 5.41 Å². The minimum Gasteiger partial charge on any atom is -0.351 e. The lowest BCUT2D eigenvalue weighted by Crippen LogP contribution is -2.32. The van der Waals surface area contributed by atoms with Gasteiger partial charge < -0.3 is 5.32 Å². The molecular formula is C14H14Cl2N4O. The smallest absolute Gasteiger partial charge is 0.229 e. The van der Waals surface area contributed by atoms with Crippen molar-refractivity contribution in [3.8, 4) is 5.82 Å². The summed E-state index contributed by atoms with van der Waals surface area (Å²) in [6.07, 6.45) is 7.39. The highest BCUT2D eigenvalue weighted by atomic mass is 35.5. The van der Waals surface area contributed by atoms with Crippen molar-refractivity contribution >= 4 is 29.1 Å². The zero-order valence-corrected chi connectivity index (χ0v) is 12.9. The molecule has 2 aromatic rings. The first-order valence-electron chi connectivity index (χ1n) is 6.52. The van der Waals surface area contributed by atoms with Crippen molar-refractivity contribution in [2.45, 2.75) is 24.2 Å². The molecule has 0 bridgehead atoms. The van der Waals surface area contributed by atoms with E-state index in [1.165, 1.54) is 0 Å². The summed E-state index contributed by atoms with van der Waals surface area (Å²) in [5.41, 5.74) is 0.214. The molecule has 0 unspecified atom stereocenters. The standard InChI is InChI=1S/C14H14Cl2N4O/c1-13(8-14(13,15)16)12(21)19-7-10-2-3-11(18-6-10)20-5-4-17-9-20/h2-6,9H,7-8H2,1H3,(H,19,21)/t13-/m1/s1. The van der Waals surface area contributed by atoms with Crippen LogP contribution in [0.25, 0.3) is 5.82 Å². The van der Waals surface area contributed by atoms with Gasteiger partial charge >= 0.3 is 0 Å². The van der Waals surface area contributed by atoms with E-state index in [1.54, 1.807) is 25.6 Å². The number of aromatic nitrogens is 3. The van der Waals surface area contributed by atoms with Crippen LogP contribution in [0.2, 0.25) is 0 Å². The number of alkyl halides is 2. The van der Waals surface area contributed by atoms with Crippen LogP contribution in [-0.4, -0.2) is 24.8 Å². The van der Waals surface area contributed by atoms with Crippen LogP contribution in [0.5, 0.6) is 0 Å². The number of amides is 1. The maximum Gasteiger partial charge on any atom is 0.229 e. The van der Waals surface area contributed by atoms with Gasteiger partial charge in [0, 0.05) is 25.1 Å². The lowest BCUT2D eigenvalue weighted by atomic mass is 10.1. The Hall–Kier alpha value is -1.59. The summed E-state index contributed by atoms with van der Waals surface area (Å²) in [6, 6.07) is 3.78. The van der Waals surface area contributed by atoms with Gasteiger partial charge in [-0.1, -0.05) is 6.07 Å². The molecule has 7 heteroatoms. The summed E-state index contributed by atoms with van der Waals surface area (Å²) in [5, 5.41) is 2.84. The number of hydrogen-bond acceptors (Lipinski definition) is 3. The van der Waals surface area contributed by atoms with Crippen molar-refractivity contribution in [1.29, 1.82) is 0 Å². The van der Waals surface area contributed by atoms with Gasteiger partial charge in [-0.25, -0.2) is 9.97 Å². The van der Waals surface area contributed by atoms with E-state index in [2.05, 4.69) is 15.3 Å². The normalized spacial score (nSPS) is 22.8. The summed E-state index contributed by atoms with van der Waals surface area (Å²) in [7, 11) is 0. The van der Waals surface area contributed by atoms with Crippen molar-refractivity contribution in [1.82, 2.24) is 19.9 Å². The SMILES string of the molecule is C[C@]1(C(=O)NCc2ccc(-n3ccnc3)nc2)CC1(Cl)Cl. The molecular weight excluding hydrogens is 311 g/mol. The molecule has 1 aliphatic carbocycles. The molecule has 1 saturated carbocycles. The zero-order chi connectivity index (χ0) is 15.1. The van der Waals surface area contributed by atoms with Crippen molar-refractivity contribution in [3.63, 3.8) is 0 Å². The van der Waals surface area contributed by atoms with Crippen molar-refractivity contribution < 1.29 is 4.79 Å². The van der Waals surface area contributed by atoms with Crippen LogP contribution in [0.3, 0.4) is 0 Å². The van der Waals surface area contributed by atoms with Crippen LogP contribution in [-0.2, 0) is 11.3 Å². The average Bonchev–Trinajstić information content (AvgIpc) is 2.87. The van der Waals surface area contributed by atoms with Gasteiger partial charge in [-0.15, -0.1) is 23.2 Å². The second kappa shape index (κ2) is 5.00. The Balaban J connectivity index is 1.60. The molecule has 1 N–H and O–H groups in total. The highest BCUT2D eigenvalue weighted by Crippen LogP contribution is 2.63. The van der Waals surface area contributed by atoms with Gasteiger partial charge in [-0.05, 0) is 25.0 Å². The number of carbonyl (C=O) groups is 1. The molecule has 1 fully saturated rings. The van der Waals surface area contributed by atoms with E-state index in [0.29, 0.717) is 13.0 Å². The topological polar surface area (TPSA) is 59.8 Å². The Labute approximate surface area is 132 Å². The fourth-order valence-corrected chi connectivity index (χ4v) is 2.80. The molecule has 110 valence electrons. The summed E-state index contributed by atoms with van der Waals surface area (Å²) in [4.78, 5) is 20.4. The van der Waals surface area contributed by atoms with E-state index in [-0.39, 0.29) is 5.91 Å². The van der Waals surface area contributed by atoms with Gasteiger partial charge in [-0.2, -0.15) is 0 Å². The Kier molecular flexibility index (Phi) is 3.42.